The molecule has 1 aromatic carbocycles. The molecule has 1 N–H and O–H groups in total. The molecule has 2 nitrogen and oxygen atoms in total. The van der Waals surface area contributed by atoms with Crippen molar-refractivity contribution in [2.24, 2.45) is 0 Å². The quantitative estimate of drug-likeness (QED) is 0.606. The summed E-state index contributed by atoms with van der Waals surface area (Å²) < 4.78 is 2.08. The second kappa shape index (κ2) is 4.34. The molecule has 0 bridgehead atoms. The van der Waals surface area contributed by atoms with Crippen LogP contribution in [0.1, 0.15) is 23.6 Å². The van der Waals surface area contributed by atoms with E-state index < -0.39 is 0 Å². The van der Waals surface area contributed by atoms with Crippen molar-refractivity contribution in [1.29, 1.82) is 0 Å². The zero-order valence-electron chi connectivity index (χ0n) is 8.66. The number of fused-ring (bicyclic) bond motifs is 1. The number of benzene rings is 1. The predicted molar refractivity (Wildman–Crippen MR) is 61.9 cm³/mol. The molecule has 14 heavy (non-hydrogen) atoms. The minimum absolute atomic E-state index is 0.503. The summed E-state index contributed by atoms with van der Waals surface area (Å²) in [5.74, 6) is 0. The van der Waals surface area contributed by atoms with Gasteiger partial charge in [0.05, 0.1) is 0 Å². The van der Waals surface area contributed by atoms with Crippen LogP contribution < -0.4 is 5.43 Å². The Balaban J connectivity index is 2.10. The minimum Gasteiger partial charge on any atom is -0.238 e. The van der Waals surface area contributed by atoms with E-state index in [9.17, 15) is 0 Å². The molecule has 76 valence electrons. The molecule has 1 atom stereocenters. The van der Waals surface area contributed by atoms with Crippen molar-refractivity contribution in [3.05, 3.63) is 35.4 Å². The lowest BCUT2D eigenvalue weighted by molar-refractivity contribution is 0.342. The van der Waals surface area contributed by atoms with Crippen LogP contribution in [0.15, 0.2) is 24.3 Å². The number of hydrogen-bond donors (Lipinski definition) is 1. The molecule has 0 spiro atoms. The number of hydrazine groups is 1. The number of nitrogens with one attached hydrogen (secondary N) is 1. The highest BCUT2D eigenvalue weighted by molar-refractivity contribution is 7.96. The maximum atomic E-state index is 3.48. The van der Waals surface area contributed by atoms with Gasteiger partial charge in [-0.05, 0) is 30.2 Å². The SMILES string of the molecule is CSN(C)NC1CCc2ccccc21. The molecule has 1 aliphatic rings. The number of hydrogen-bond acceptors (Lipinski definition) is 3. The molecule has 0 radical (unpaired) electrons. The third kappa shape index (κ3) is 1.95. The zero-order chi connectivity index (χ0) is 9.97. The molecular weight excluding hydrogens is 192 g/mol. The van der Waals surface area contributed by atoms with Crippen LogP contribution in [-0.2, 0) is 6.42 Å². The van der Waals surface area contributed by atoms with Gasteiger partial charge in [-0.25, -0.2) is 5.43 Å². The molecule has 3 heteroatoms. The lowest BCUT2D eigenvalue weighted by Crippen LogP contribution is -2.31. The first-order chi connectivity index (χ1) is 6.81. The smallest absolute Gasteiger partial charge is 0.0479 e. The highest BCUT2D eigenvalue weighted by Crippen LogP contribution is 2.31. The summed E-state index contributed by atoms with van der Waals surface area (Å²) >= 11 is 1.71. The van der Waals surface area contributed by atoms with Crippen molar-refractivity contribution in [2.75, 3.05) is 13.3 Å². The van der Waals surface area contributed by atoms with Gasteiger partial charge in [0.1, 0.15) is 0 Å². The van der Waals surface area contributed by atoms with Crippen molar-refractivity contribution >= 4 is 11.9 Å². The van der Waals surface area contributed by atoms with Gasteiger partial charge in [0.15, 0.2) is 0 Å². The monoisotopic (exact) mass is 208 g/mol. The molecule has 0 fully saturated rings. The summed E-state index contributed by atoms with van der Waals surface area (Å²) in [6.07, 6.45) is 4.49. The van der Waals surface area contributed by atoms with Gasteiger partial charge in [0.25, 0.3) is 0 Å². The molecule has 1 unspecified atom stereocenters. The van der Waals surface area contributed by atoms with E-state index in [1.165, 1.54) is 24.0 Å². The van der Waals surface area contributed by atoms with Crippen LogP contribution in [-0.4, -0.2) is 17.7 Å². The molecule has 0 aromatic heterocycles. The van der Waals surface area contributed by atoms with Crippen molar-refractivity contribution in [3.63, 3.8) is 0 Å². The fraction of sp³-hybridized carbons (Fsp3) is 0.455. The number of nitrogens with zero attached hydrogens (tertiary/aromatic N) is 1. The maximum absolute atomic E-state index is 3.48. The van der Waals surface area contributed by atoms with E-state index in [0.717, 1.165) is 0 Å². The lowest BCUT2D eigenvalue weighted by Gasteiger charge is -2.20. The van der Waals surface area contributed by atoms with E-state index >= 15 is 0 Å². The van der Waals surface area contributed by atoms with Crippen LogP contribution in [0, 0.1) is 0 Å². The van der Waals surface area contributed by atoms with Gasteiger partial charge in [0, 0.05) is 13.1 Å². The van der Waals surface area contributed by atoms with E-state index in [2.05, 4.69) is 47.4 Å². The largest absolute Gasteiger partial charge is 0.238 e. The number of aryl methyl sites for hydroxylation is 1. The first kappa shape index (κ1) is 10.0. The molecule has 0 amide bonds. The second-order valence-electron chi connectivity index (χ2n) is 3.60. The van der Waals surface area contributed by atoms with Gasteiger partial charge >= 0.3 is 0 Å². The van der Waals surface area contributed by atoms with Gasteiger partial charge in [-0.3, -0.25) is 0 Å². The van der Waals surface area contributed by atoms with E-state index in [-0.39, 0.29) is 0 Å². The third-order valence-corrected chi connectivity index (χ3v) is 3.40. The van der Waals surface area contributed by atoms with Gasteiger partial charge in [0.2, 0.25) is 0 Å². The topological polar surface area (TPSA) is 15.3 Å². The summed E-state index contributed by atoms with van der Waals surface area (Å²) in [6.45, 7) is 0. The van der Waals surface area contributed by atoms with Gasteiger partial charge in [-0.2, -0.15) is 4.41 Å². The average Bonchev–Trinajstić information content (AvgIpc) is 2.62. The van der Waals surface area contributed by atoms with Crippen molar-refractivity contribution in [3.8, 4) is 0 Å². The Morgan fingerprint density at radius 1 is 1.43 bits per heavy atom. The number of rotatable bonds is 3. The van der Waals surface area contributed by atoms with Crippen molar-refractivity contribution in [1.82, 2.24) is 9.84 Å². The highest BCUT2D eigenvalue weighted by atomic mass is 32.2. The molecule has 0 saturated heterocycles. The molecule has 1 aliphatic carbocycles. The van der Waals surface area contributed by atoms with Gasteiger partial charge < -0.3 is 0 Å². The second-order valence-corrected chi connectivity index (χ2v) is 4.51. The molecule has 0 aliphatic heterocycles. The Hall–Kier alpha value is -0.510. The van der Waals surface area contributed by atoms with Crippen LogP contribution in [0.25, 0.3) is 0 Å². The molecular formula is C11H16N2S. The minimum atomic E-state index is 0.503. The van der Waals surface area contributed by atoms with Crippen LogP contribution in [0.2, 0.25) is 0 Å². The van der Waals surface area contributed by atoms with E-state index in [1.807, 2.05) is 0 Å². The Bertz CT molecular complexity index is 314. The predicted octanol–water partition coefficient (Wildman–Crippen LogP) is 2.39. The molecule has 0 saturated carbocycles. The van der Waals surface area contributed by atoms with Crippen molar-refractivity contribution < 1.29 is 0 Å². The van der Waals surface area contributed by atoms with Crippen LogP contribution in [0.5, 0.6) is 0 Å². The van der Waals surface area contributed by atoms with Gasteiger partial charge in [-0.1, -0.05) is 36.2 Å². The maximum Gasteiger partial charge on any atom is 0.0479 e. The van der Waals surface area contributed by atoms with Gasteiger partial charge in [-0.15, -0.1) is 0 Å². The summed E-state index contributed by atoms with van der Waals surface area (Å²) in [7, 11) is 2.06. The van der Waals surface area contributed by atoms with Crippen LogP contribution >= 0.6 is 11.9 Å². The zero-order valence-corrected chi connectivity index (χ0v) is 9.47. The molecule has 0 heterocycles. The van der Waals surface area contributed by atoms with E-state index in [0.29, 0.717) is 6.04 Å². The first-order valence-corrected chi connectivity index (χ1v) is 6.11. The summed E-state index contributed by atoms with van der Waals surface area (Å²) in [6, 6.07) is 9.21. The Labute approximate surface area is 89.8 Å². The summed E-state index contributed by atoms with van der Waals surface area (Å²) in [4.78, 5) is 0. The van der Waals surface area contributed by atoms with E-state index in [4.69, 9.17) is 0 Å². The van der Waals surface area contributed by atoms with Crippen molar-refractivity contribution in [2.45, 2.75) is 18.9 Å². The Morgan fingerprint density at radius 3 is 3.00 bits per heavy atom. The normalized spacial score (nSPS) is 20.1. The first-order valence-electron chi connectivity index (χ1n) is 4.93. The molecule has 2 rings (SSSR count). The lowest BCUT2D eigenvalue weighted by atomic mass is 10.1. The Morgan fingerprint density at radius 2 is 2.21 bits per heavy atom. The Kier molecular flexibility index (Phi) is 3.11. The standard InChI is InChI=1S/C11H16N2S/c1-13(14-2)12-11-8-7-9-5-3-4-6-10(9)11/h3-6,11-12H,7-8H2,1-2H3. The van der Waals surface area contributed by atoms with E-state index in [1.54, 1.807) is 11.9 Å². The third-order valence-electron chi connectivity index (χ3n) is 2.74. The fourth-order valence-corrected chi connectivity index (χ4v) is 2.20. The molecule has 1 aromatic rings. The fourth-order valence-electron chi connectivity index (χ4n) is 1.96. The average molecular weight is 208 g/mol. The summed E-state index contributed by atoms with van der Waals surface area (Å²) in [5.41, 5.74) is 6.45. The summed E-state index contributed by atoms with van der Waals surface area (Å²) in [5, 5.41) is 0. The van der Waals surface area contributed by atoms with Crippen LogP contribution in [0.3, 0.4) is 0 Å². The van der Waals surface area contributed by atoms with Crippen LogP contribution in [0.4, 0.5) is 0 Å². The highest BCUT2D eigenvalue weighted by Gasteiger charge is 2.22.